The van der Waals surface area contributed by atoms with Gasteiger partial charge < -0.3 is 10.1 Å². The molecule has 1 N–H and O–H groups in total. The first-order chi connectivity index (χ1) is 16.4. The second-order valence-corrected chi connectivity index (χ2v) is 7.33. The second kappa shape index (κ2) is 9.49. The van der Waals surface area contributed by atoms with Gasteiger partial charge in [0.05, 0.1) is 17.2 Å². The number of halogens is 1. The summed E-state index contributed by atoms with van der Waals surface area (Å²) in [5.41, 5.74) is 2.14. The summed E-state index contributed by atoms with van der Waals surface area (Å²) in [6, 6.07) is 17.2. The molecule has 0 fully saturated rings. The summed E-state index contributed by atoms with van der Waals surface area (Å²) in [6.45, 7) is 3.79. The van der Waals surface area contributed by atoms with Gasteiger partial charge in [0, 0.05) is 28.4 Å². The highest BCUT2D eigenvalue weighted by Crippen LogP contribution is 2.25. The fourth-order valence-electron chi connectivity index (χ4n) is 3.31. The number of carbonyl (C=O) groups is 1. The average Bonchev–Trinajstić information content (AvgIpc) is 3.24. The molecular formula is C24H20FN5O4. The first kappa shape index (κ1) is 22.6. The average molecular weight is 461 g/mol. The number of aromatic nitrogens is 3. The van der Waals surface area contributed by atoms with E-state index in [-0.39, 0.29) is 17.3 Å². The number of aryl methyl sites for hydroxylation is 1. The van der Waals surface area contributed by atoms with Crippen molar-refractivity contribution < 1.29 is 18.8 Å². The molecule has 10 heteroatoms. The number of nitro benzene ring substituents is 1. The molecule has 0 aliphatic rings. The Hall–Kier alpha value is -4.60. The zero-order valence-corrected chi connectivity index (χ0v) is 18.4. The number of amides is 1. The molecule has 4 aromatic rings. The van der Waals surface area contributed by atoms with Gasteiger partial charge in [-0.2, -0.15) is 4.98 Å². The van der Waals surface area contributed by atoms with E-state index >= 15 is 0 Å². The van der Waals surface area contributed by atoms with E-state index in [4.69, 9.17) is 4.74 Å². The summed E-state index contributed by atoms with van der Waals surface area (Å²) in [7, 11) is 0. The number of nitrogens with zero attached hydrogens (tertiary/aromatic N) is 4. The van der Waals surface area contributed by atoms with Gasteiger partial charge in [-0.3, -0.25) is 14.9 Å². The zero-order valence-electron chi connectivity index (χ0n) is 18.4. The molecular weight excluding hydrogens is 441 g/mol. The maximum absolute atomic E-state index is 13.8. The van der Waals surface area contributed by atoms with E-state index < -0.39 is 16.6 Å². The van der Waals surface area contributed by atoms with Crippen molar-refractivity contribution in [2.45, 2.75) is 13.8 Å². The minimum Gasteiger partial charge on any atom is -0.463 e. The Labute approximate surface area is 194 Å². The standard InChI is InChI=1S/C24H20FN5O4/c1-3-34-24-27-22(16-5-4-6-18(25)13-16)29(28-24)20-11-9-19(10-12-20)26-23(31)17-8-7-15(2)21(14-17)30(32)33/h4-14H,3H2,1-2H3,(H,26,31). The molecule has 0 unspecified atom stereocenters. The van der Waals surface area contributed by atoms with Crippen molar-refractivity contribution in [1.29, 1.82) is 0 Å². The Morgan fingerprint density at radius 1 is 1.15 bits per heavy atom. The second-order valence-electron chi connectivity index (χ2n) is 7.33. The van der Waals surface area contributed by atoms with E-state index in [0.29, 0.717) is 34.9 Å². The minimum atomic E-state index is -0.522. The van der Waals surface area contributed by atoms with E-state index in [0.717, 1.165) is 0 Å². The predicted octanol–water partition coefficient (Wildman–Crippen LogP) is 4.94. The van der Waals surface area contributed by atoms with Crippen LogP contribution in [0.2, 0.25) is 0 Å². The Bertz CT molecular complexity index is 1370. The Kier molecular flexibility index (Phi) is 6.30. The highest BCUT2D eigenvalue weighted by Gasteiger charge is 2.17. The molecule has 0 saturated heterocycles. The molecule has 9 nitrogen and oxygen atoms in total. The van der Waals surface area contributed by atoms with E-state index in [9.17, 15) is 19.3 Å². The van der Waals surface area contributed by atoms with Crippen molar-refractivity contribution in [1.82, 2.24) is 14.8 Å². The van der Waals surface area contributed by atoms with Crippen LogP contribution in [0.1, 0.15) is 22.8 Å². The number of nitrogens with one attached hydrogen (secondary N) is 1. The van der Waals surface area contributed by atoms with Crippen LogP contribution >= 0.6 is 0 Å². The topological polar surface area (TPSA) is 112 Å². The molecule has 0 atom stereocenters. The van der Waals surface area contributed by atoms with Gasteiger partial charge in [0.1, 0.15) is 5.82 Å². The lowest BCUT2D eigenvalue weighted by atomic mass is 10.1. The molecule has 0 saturated carbocycles. The molecule has 1 heterocycles. The monoisotopic (exact) mass is 461 g/mol. The molecule has 1 aromatic heterocycles. The van der Waals surface area contributed by atoms with E-state index in [1.807, 2.05) is 6.92 Å². The van der Waals surface area contributed by atoms with Crippen LogP contribution in [0.15, 0.2) is 66.7 Å². The van der Waals surface area contributed by atoms with Gasteiger partial charge in [-0.25, -0.2) is 9.07 Å². The van der Waals surface area contributed by atoms with E-state index in [2.05, 4.69) is 15.4 Å². The minimum absolute atomic E-state index is 0.121. The molecule has 3 aromatic carbocycles. The first-order valence-electron chi connectivity index (χ1n) is 10.4. The van der Waals surface area contributed by atoms with Gasteiger partial charge in [-0.1, -0.05) is 18.2 Å². The van der Waals surface area contributed by atoms with Crippen LogP contribution in [0.25, 0.3) is 17.1 Å². The number of carbonyl (C=O) groups excluding carboxylic acids is 1. The lowest BCUT2D eigenvalue weighted by Gasteiger charge is -2.09. The summed E-state index contributed by atoms with van der Waals surface area (Å²) in [5, 5.41) is 18.2. The highest BCUT2D eigenvalue weighted by atomic mass is 19.1. The number of benzene rings is 3. The molecule has 34 heavy (non-hydrogen) atoms. The van der Waals surface area contributed by atoms with Crippen LogP contribution in [-0.2, 0) is 0 Å². The van der Waals surface area contributed by atoms with Gasteiger partial charge in [-0.05, 0) is 56.3 Å². The lowest BCUT2D eigenvalue weighted by Crippen LogP contribution is -2.12. The largest absolute Gasteiger partial charge is 0.463 e. The maximum Gasteiger partial charge on any atom is 0.336 e. The molecule has 0 bridgehead atoms. The van der Waals surface area contributed by atoms with Crippen LogP contribution in [0.4, 0.5) is 15.8 Å². The SMILES string of the molecule is CCOc1nc(-c2cccc(F)c2)n(-c2ccc(NC(=O)c3ccc(C)c([N+](=O)[O-])c3)cc2)n1. The number of rotatable bonds is 7. The van der Waals surface area contributed by atoms with Crippen molar-refractivity contribution >= 4 is 17.3 Å². The molecule has 0 aliphatic carbocycles. The summed E-state index contributed by atoms with van der Waals surface area (Å²) in [6.07, 6.45) is 0. The van der Waals surface area contributed by atoms with Gasteiger partial charge in [0.2, 0.25) is 0 Å². The zero-order chi connectivity index (χ0) is 24.2. The summed E-state index contributed by atoms with van der Waals surface area (Å²) in [5.74, 6) is -0.484. The number of hydrogen-bond donors (Lipinski definition) is 1. The Morgan fingerprint density at radius 2 is 1.91 bits per heavy atom. The maximum atomic E-state index is 13.8. The third kappa shape index (κ3) is 4.75. The highest BCUT2D eigenvalue weighted by molar-refractivity contribution is 6.04. The number of anilines is 1. The van der Waals surface area contributed by atoms with Gasteiger partial charge in [0.15, 0.2) is 5.82 Å². The fourth-order valence-corrected chi connectivity index (χ4v) is 3.31. The smallest absolute Gasteiger partial charge is 0.336 e. The number of hydrogen-bond acceptors (Lipinski definition) is 6. The summed E-state index contributed by atoms with van der Waals surface area (Å²) in [4.78, 5) is 27.6. The Balaban J connectivity index is 1.60. The predicted molar refractivity (Wildman–Crippen MR) is 124 cm³/mol. The van der Waals surface area contributed by atoms with Crippen molar-refractivity contribution in [2.75, 3.05) is 11.9 Å². The van der Waals surface area contributed by atoms with E-state index in [1.54, 1.807) is 43.3 Å². The number of nitro groups is 1. The van der Waals surface area contributed by atoms with Gasteiger partial charge >= 0.3 is 6.01 Å². The third-order valence-electron chi connectivity index (χ3n) is 4.98. The van der Waals surface area contributed by atoms with Gasteiger partial charge in [-0.15, -0.1) is 5.10 Å². The Morgan fingerprint density at radius 3 is 2.59 bits per heavy atom. The number of ether oxygens (including phenoxy) is 1. The van der Waals surface area contributed by atoms with E-state index in [1.165, 1.54) is 35.0 Å². The molecule has 172 valence electrons. The molecule has 1 amide bonds. The summed E-state index contributed by atoms with van der Waals surface area (Å²) < 4.78 is 20.7. The normalized spacial score (nSPS) is 10.7. The third-order valence-corrected chi connectivity index (χ3v) is 4.98. The molecule has 0 aliphatic heterocycles. The van der Waals surface area contributed by atoms with Crippen LogP contribution in [0.3, 0.4) is 0 Å². The molecule has 4 rings (SSSR count). The van der Waals surface area contributed by atoms with Crippen LogP contribution in [-0.4, -0.2) is 32.2 Å². The lowest BCUT2D eigenvalue weighted by molar-refractivity contribution is -0.385. The quantitative estimate of drug-likeness (QED) is 0.308. The van der Waals surface area contributed by atoms with Crippen molar-refractivity contribution in [2.24, 2.45) is 0 Å². The summed E-state index contributed by atoms with van der Waals surface area (Å²) >= 11 is 0. The van der Waals surface area contributed by atoms with Crippen molar-refractivity contribution in [3.63, 3.8) is 0 Å². The first-order valence-corrected chi connectivity index (χ1v) is 10.4. The van der Waals surface area contributed by atoms with Crippen LogP contribution < -0.4 is 10.1 Å². The molecule has 0 spiro atoms. The van der Waals surface area contributed by atoms with Crippen LogP contribution in [0.5, 0.6) is 6.01 Å². The molecule has 0 radical (unpaired) electrons. The van der Waals surface area contributed by atoms with Crippen LogP contribution in [0, 0.1) is 22.9 Å². The van der Waals surface area contributed by atoms with Crippen molar-refractivity contribution in [3.8, 4) is 23.1 Å². The fraction of sp³-hybridized carbons (Fsp3) is 0.125. The van der Waals surface area contributed by atoms with Gasteiger partial charge in [0.25, 0.3) is 11.6 Å². The van der Waals surface area contributed by atoms with Crippen molar-refractivity contribution in [3.05, 3.63) is 93.8 Å².